The van der Waals surface area contributed by atoms with Crippen molar-refractivity contribution in [2.45, 2.75) is 10.3 Å². The molecule has 1 aliphatic rings. The van der Waals surface area contributed by atoms with Crippen molar-refractivity contribution in [3.05, 3.63) is 47.3 Å². The summed E-state index contributed by atoms with van der Waals surface area (Å²) in [5.74, 6) is 0.748. The van der Waals surface area contributed by atoms with Gasteiger partial charge in [-0.25, -0.2) is 8.42 Å². The molecule has 1 aromatic heterocycles. The zero-order valence-electron chi connectivity index (χ0n) is 10.3. The molecule has 106 valence electrons. The third-order valence-corrected chi connectivity index (χ3v) is 6.47. The van der Waals surface area contributed by atoms with E-state index in [4.69, 9.17) is 11.6 Å². The van der Waals surface area contributed by atoms with Crippen LogP contribution in [-0.2, 0) is 10.0 Å². The molecule has 3 rings (SSSR count). The lowest BCUT2D eigenvalue weighted by molar-refractivity contribution is 0.414. The number of halogens is 1. The van der Waals surface area contributed by atoms with Crippen LogP contribution < -0.4 is 0 Å². The monoisotopic (exact) mass is 330 g/mol. The molecule has 0 bridgehead atoms. The van der Waals surface area contributed by atoms with Crippen molar-refractivity contribution in [1.29, 1.82) is 0 Å². The van der Waals surface area contributed by atoms with Crippen LogP contribution in [-0.4, -0.2) is 30.2 Å². The molecule has 0 amide bonds. The molecule has 5 nitrogen and oxygen atoms in total. The Morgan fingerprint density at radius 1 is 1.35 bits per heavy atom. The van der Waals surface area contributed by atoms with Gasteiger partial charge < -0.3 is 4.52 Å². The third kappa shape index (κ3) is 2.46. The molecule has 0 saturated carbocycles. The lowest BCUT2D eigenvalue weighted by Crippen LogP contribution is -2.30. The smallest absolute Gasteiger partial charge is 0.249 e. The summed E-state index contributed by atoms with van der Waals surface area (Å²) in [6, 6.07) is 7.23. The molecule has 20 heavy (non-hydrogen) atoms. The minimum atomic E-state index is -3.58. The van der Waals surface area contributed by atoms with Crippen LogP contribution in [0, 0.1) is 0 Å². The van der Waals surface area contributed by atoms with Gasteiger partial charge in [0.1, 0.15) is 11.2 Å². The molecule has 8 heteroatoms. The van der Waals surface area contributed by atoms with E-state index in [0.29, 0.717) is 11.6 Å². The fraction of sp³-hybridized carbons (Fsp3) is 0.250. The van der Waals surface area contributed by atoms with Gasteiger partial charge in [0.2, 0.25) is 10.0 Å². The van der Waals surface area contributed by atoms with Crippen molar-refractivity contribution >= 4 is 33.4 Å². The fourth-order valence-electron chi connectivity index (χ4n) is 2.05. The highest BCUT2D eigenvalue weighted by molar-refractivity contribution is 8.01. The van der Waals surface area contributed by atoms with E-state index in [1.807, 2.05) is 12.1 Å². The summed E-state index contributed by atoms with van der Waals surface area (Å²) in [5, 5.41) is 3.85. The van der Waals surface area contributed by atoms with Crippen molar-refractivity contribution in [3.63, 3.8) is 0 Å². The summed E-state index contributed by atoms with van der Waals surface area (Å²) >= 11 is 7.45. The second-order valence-electron chi connectivity index (χ2n) is 4.25. The van der Waals surface area contributed by atoms with E-state index in [2.05, 4.69) is 9.68 Å². The Kier molecular flexibility index (Phi) is 3.76. The van der Waals surface area contributed by atoms with E-state index < -0.39 is 10.0 Å². The van der Waals surface area contributed by atoms with Crippen molar-refractivity contribution in [1.82, 2.24) is 9.46 Å². The summed E-state index contributed by atoms with van der Waals surface area (Å²) in [7, 11) is -3.58. The largest absolute Gasteiger partial charge is 0.363 e. The molecule has 0 radical (unpaired) electrons. The standard InChI is InChI=1S/C12H11ClN2O3S2/c13-10-3-1-9(2-4-10)12-15(5-6-19-12)20(16,17)11-7-14-18-8-11/h1-4,7-8,12H,5-6H2. The average Bonchev–Trinajstić information content (AvgIpc) is 3.11. The molecule has 2 heterocycles. The number of thioether (sulfide) groups is 1. The van der Waals surface area contributed by atoms with E-state index >= 15 is 0 Å². The van der Waals surface area contributed by atoms with Crippen LogP contribution in [0.1, 0.15) is 10.9 Å². The van der Waals surface area contributed by atoms with E-state index in [9.17, 15) is 8.42 Å². The first-order chi connectivity index (χ1) is 9.59. The first-order valence-electron chi connectivity index (χ1n) is 5.87. The van der Waals surface area contributed by atoms with Crippen LogP contribution >= 0.6 is 23.4 Å². The van der Waals surface area contributed by atoms with Gasteiger partial charge in [-0.3, -0.25) is 0 Å². The highest BCUT2D eigenvalue weighted by Crippen LogP contribution is 2.41. The lowest BCUT2D eigenvalue weighted by Gasteiger charge is -2.22. The van der Waals surface area contributed by atoms with Gasteiger partial charge >= 0.3 is 0 Å². The Morgan fingerprint density at radius 3 is 2.75 bits per heavy atom. The summed E-state index contributed by atoms with van der Waals surface area (Å²) < 4.78 is 31.2. The fourth-order valence-corrected chi connectivity index (χ4v) is 5.28. The van der Waals surface area contributed by atoms with Gasteiger partial charge in [0.25, 0.3) is 0 Å². The van der Waals surface area contributed by atoms with Crippen LogP contribution in [0.2, 0.25) is 5.02 Å². The van der Waals surface area contributed by atoms with Crippen LogP contribution in [0.25, 0.3) is 0 Å². The van der Waals surface area contributed by atoms with Crippen molar-refractivity contribution in [2.24, 2.45) is 0 Å². The Balaban J connectivity index is 1.95. The Labute approximate surface area is 125 Å². The average molecular weight is 331 g/mol. The van der Waals surface area contributed by atoms with Crippen molar-refractivity contribution in [3.8, 4) is 0 Å². The van der Waals surface area contributed by atoms with Crippen LogP contribution in [0.4, 0.5) is 0 Å². The topological polar surface area (TPSA) is 63.4 Å². The van der Waals surface area contributed by atoms with Gasteiger partial charge in [-0.05, 0) is 17.7 Å². The molecular weight excluding hydrogens is 320 g/mol. The van der Waals surface area contributed by atoms with Crippen LogP contribution in [0.3, 0.4) is 0 Å². The van der Waals surface area contributed by atoms with Crippen LogP contribution in [0.5, 0.6) is 0 Å². The second kappa shape index (κ2) is 5.40. The van der Waals surface area contributed by atoms with E-state index in [1.165, 1.54) is 10.5 Å². The predicted octanol–water partition coefficient (Wildman–Crippen LogP) is 2.76. The van der Waals surface area contributed by atoms with Crippen molar-refractivity contribution in [2.75, 3.05) is 12.3 Å². The molecule has 1 saturated heterocycles. The molecule has 0 aliphatic carbocycles. The maximum Gasteiger partial charge on any atom is 0.249 e. The lowest BCUT2D eigenvalue weighted by atomic mass is 10.2. The minimum absolute atomic E-state index is 0.0824. The molecule has 1 aliphatic heterocycles. The highest BCUT2D eigenvalue weighted by Gasteiger charge is 2.37. The number of rotatable bonds is 3. The van der Waals surface area contributed by atoms with Gasteiger partial charge in [-0.1, -0.05) is 28.9 Å². The SMILES string of the molecule is O=S(=O)(c1cnoc1)N1CCSC1c1ccc(Cl)cc1. The molecule has 2 aromatic rings. The Bertz CT molecular complexity index is 686. The molecule has 0 N–H and O–H groups in total. The first-order valence-corrected chi connectivity index (χ1v) is 8.74. The van der Waals surface area contributed by atoms with Gasteiger partial charge in [0.05, 0.1) is 11.6 Å². The predicted molar refractivity (Wildman–Crippen MR) is 77.0 cm³/mol. The maximum absolute atomic E-state index is 12.5. The van der Waals surface area contributed by atoms with E-state index in [0.717, 1.165) is 17.6 Å². The van der Waals surface area contributed by atoms with Gasteiger partial charge in [-0.15, -0.1) is 11.8 Å². The summed E-state index contributed by atoms with van der Waals surface area (Å²) in [6.07, 6.45) is 2.37. The highest BCUT2D eigenvalue weighted by atomic mass is 35.5. The normalized spacial score (nSPS) is 20.4. The zero-order chi connectivity index (χ0) is 14.2. The molecule has 1 aromatic carbocycles. The van der Waals surface area contributed by atoms with Gasteiger partial charge in [-0.2, -0.15) is 4.31 Å². The van der Waals surface area contributed by atoms with E-state index in [1.54, 1.807) is 23.9 Å². The third-order valence-electron chi connectivity index (χ3n) is 3.02. The summed E-state index contributed by atoms with van der Waals surface area (Å²) in [6.45, 7) is 0.464. The first kappa shape index (κ1) is 13.9. The quantitative estimate of drug-likeness (QED) is 0.866. The van der Waals surface area contributed by atoms with Crippen LogP contribution in [0.15, 0.2) is 46.1 Å². The molecule has 0 spiro atoms. The summed E-state index contributed by atoms with van der Waals surface area (Å²) in [5.41, 5.74) is 0.914. The number of aromatic nitrogens is 1. The number of benzene rings is 1. The maximum atomic E-state index is 12.5. The number of sulfonamides is 1. The van der Waals surface area contributed by atoms with Gasteiger partial charge in [0, 0.05) is 17.3 Å². The number of hydrogen-bond acceptors (Lipinski definition) is 5. The second-order valence-corrected chi connectivity index (χ2v) is 7.77. The van der Waals surface area contributed by atoms with Gasteiger partial charge in [0.15, 0.2) is 0 Å². The zero-order valence-corrected chi connectivity index (χ0v) is 12.7. The Hall–Kier alpha value is -1.02. The van der Waals surface area contributed by atoms with Crippen molar-refractivity contribution < 1.29 is 12.9 Å². The summed E-state index contributed by atoms with van der Waals surface area (Å²) in [4.78, 5) is 0.0824. The minimum Gasteiger partial charge on any atom is -0.363 e. The number of nitrogens with zero attached hydrogens (tertiary/aromatic N) is 2. The number of hydrogen-bond donors (Lipinski definition) is 0. The van der Waals surface area contributed by atoms with E-state index in [-0.39, 0.29) is 10.3 Å². The molecule has 1 atom stereocenters. The molecule has 1 unspecified atom stereocenters. The Morgan fingerprint density at radius 2 is 2.10 bits per heavy atom. The molecule has 1 fully saturated rings. The molecular formula is C12H11ClN2O3S2.